The Hall–Kier alpha value is -3.31. The molecule has 0 unspecified atom stereocenters. The van der Waals surface area contributed by atoms with Gasteiger partial charge < -0.3 is 23.4 Å². The summed E-state index contributed by atoms with van der Waals surface area (Å²) < 4.78 is 17.4. The normalized spacial score (nSPS) is 11.2. The molecule has 0 bridgehead atoms. The van der Waals surface area contributed by atoms with Crippen molar-refractivity contribution in [3.63, 3.8) is 0 Å². The smallest absolute Gasteiger partial charge is 0.349 e. The Morgan fingerprint density at radius 2 is 2.14 bits per heavy atom. The third-order valence-corrected chi connectivity index (χ3v) is 4.50. The second-order valence-corrected chi connectivity index (χ2v) is 6.55. The molecule has 8 nitrogen and oxygen atoms in total. The maximum Gasteiger partial charge on any atom is 0.349 e. The first-order chi connectivity index (χ1) is 13.9. The fourth-order valence-corrected chi connectivity index (χ4v) is 2.83. The Kier molecular flexibility index (Phi) is 7.80. The van der Waals surface area contributed by atoms with Crippen molar-refractivity contribution in [2.24, 2.45) is 0 Å². The summed E-state index contributed by atoms with van der Waals surface area (Å²) in [5.41, 5.74) is 2.48. The van der Waals surface area contributed by atoms with Crippen LogP contribution in [0.5, 0.6) is 0 Å². The highest BCUT2D eigenvalue weighted by Crippen LogP contribution is 2.18. The summed E-state index contributed by atoms with van der Waals surface area (Å²) >= 11 is 0. The molecule has 0 radical (unpaired) electrons. The molecule has 0 aliphatic rings. The first-order valence-electron chi connectivity index (χ1n) is 9.08. The molecule has 2 aromatic heterocycles. The van der Waals surface area contributed by atoms with Crippen molar-refractivity contribution in [2.45, 2.75) is 26.9 Å². The van der Waals surface area contributed by atoms with Crippen molar-refractivity contribution in [2.75, 3.05) is 27.4 Å². The average Bonchev–Trinajstić information content (AvgIpc) is 3.30. The molecule has 0 N–H and O–H groups in total. The molecule has 2 heterocycles. The lowest BCUT2D eigenvalue weighted by molar-refractivity contribution is -0.148. The summed E-state index contributed by atoms with van der Waals surface area (Å²) in [4.78, 5) is 25.8. The van der Waals surface area contributed by atoms with Gasteiger partial charge in [0.25, 0.3) is 5.91 Å². The molecule has 1 amide bonds. The van der Waals surface area contributed by atoms with Gasteiger partial charge in [0, 0.05) is 32.1 Å². The molecule has 0 saturated carbocycles. The van der Waals surface area contributed by atoms with E-state index in [2.05, 4.69) is 0 Å². The average molecular weight is 399 g/mol. The number of rotatable bonds is 9. The zero-order valence-electron chi connectivity index (χ0n) is 17.1. The largest absolute Gasteiger partial charge is 0.467 e. The monoisotopic (exact) mass is 399 g/mol. The lowest BCUT2D eigenvalue weighted by atomic mass is 10.1. The minimum atomic E-state index is -0.839. The highest BCUT2D eigenvalue weighted by molar-refractivity contribution is 5.99. The van der Waals surface area contributed by atoms with Gasteiger partial charge >= 0.3 is 5.97 Å². The zero-order valence-corrected chi connectivity index (χ0v) is 17.1. The number of nitriles is 1. The van der Waals surface area contributed by atoms with Crippen LogP contribution >= 0.6 is 0 Å². The van der Waals surface area contributed by atoms with E-state index in [1.54, 1.807) is 26.3 Å². The minimum Gasteiger partial charge on any atom is -0.467 e. The van der Waals surface area contributed by atoms with E-state index < -0.39 is 18.5 Å². The van der Waals surface area contributed by atoms with Crippen molar-refractivity contribution in [3.05, 3.63) is 52.7 Å². The van der Waals surface area contributed by atoms with Gasteiger partial charge in [0.05, 0.1) is 19.4 Å². The number of methoxy groups -OCH3 is 1. The van der Waals surface area contributed by atoms with Gasteiger partial charge in [-0.25, -0.2) is 4.79 Å². The van der Waals surface area contributed by atoms with Crippen LogP contribution < -0.4 is 0 Å². The quantitative estimate of drug-likeness (QED) is 0.365. The summed E-state index contributed by atoms with van der Waals surface area (Å²) in [5, 5.41) is 9.36. The van der Waals surface area contributed by atoms with Gasteiger partial charge in [-0.15, -0.1) is 0 Å². The molecule has 0 saturated heterocycles. The molecule has 2 aromatic rings. The van der Waals surface area contributed by atoms with E-state index in [0.29, 0.717) is 18.9 Å². The van der Waals surface area contributed by atoms with Crippen LogP contribution in [0.25, 0.3) is 6.08 Å². The number of aryl methyl sites for hydroxylation is 1. The Labute approximate surface area is 169 Å². The fraction of sp³-hybridized carbons (Fsp3) is 0.381. The van der Waals surface area contributed by atoms with E-state index in [-0.39, 0.29) is 12.1 Å². The fourth-order valence-electron chi connectivity index (χ4n) is 2.83. The van der Waals surface area contributed by atoms with Crippen LogP contribution in [-0.2, 0) is 32.2 Å². The second kappa shape index (κ2) is 10.3. The van der Waals surface area contributed by atoms with Crippen LogP contribution in [0.15, 0.2) is 34.5 Å². The number of furan rings is 1. The van der Waals surface area contributed by atoms with Gasteiger partial charge in [-0.05, 0) is 43.7 Å². The van der Waals surface area contributed by atoms with Crippen LogP contribution in [-0.4, -0.2) is 48.7 Å². The van der Waals surface area contributed by atoms with Gasteiger partial charge in [0.15, 0.2) is 6.61 Å². The Balaban J connectivity index is 2.01. The summed E-state index contributed by atoms with van der Waals surface area (Å²) in [6, 6.07) is 7.21. The number of esters is 1. The Morgan fingerprint density at radius 3 is 2.76 bits per heavy atom. The third-order valence-electron chi connectivity index (χ3n) is 4.50. The number of hydrogen-bond acceptors (Lipinski definition) is 6. The topological polar surface area (TPSA) is 97.7 Å². The van der Waals surface area contributed by atoms with Gasteiger partial charge in [-0.1, -0.05) is 0 Å². The van der Waals surface area contributed by atoms with Crippen molar-refractivity contribution < 1.29 is 23.5 Å². The number of carbonyl (C=O) groups excluding carboxylic acids is 2. The van der Waals surface area contributed by atoms with Crippen LogP contribution in [0.4, 0.5) is 0 Å². The molecule has 8 heteroatoms. The van der Waals surface area contributed by atoms with Crippen molar-refractivity contribution >= 4 is 18.0 Å². The lowest BCUT2D eigenvalue weighted by Crippen LogP contribution is -2.30. The van der Waals surface area contributed by atoms with Crippen molar-refractivity contribution in [1.29, 1.82) is 5.26 Å². The number of hydrogen-bond donors (Lipinski definition) is 0. The molecule has 0 fully saturated rings. The maximum atomic E-state index is 12.3. The van der Waals surface area contributed by atoms with Gasteiger partial charge in [0.2, 0.25) is 0 Å². The summed E-state index contributed by atoms with van der Waals surface area (Å²) in [5.74, 6) is -0.618. The van der Waals surface area contributed by atoms with Gasteiger partial charge in [0.1, 0.15) is 17.4 Å². The maximum absolute atomic E-state index is 12.3. The van der Waals surface area contributed by atoms with Gasteiger partial charge in [-0.2, -0.15) is 5.26 Å². The van der Waals surface area contributed by atoms with E-state index >= 15 is 0 Å². The summed E-state index contributed by atoms with van der Waals surface area (Å²) in [6.07, 6.45) is 2.99. The third kappa shape index (κ3) is 5.83. The summed E-state index contributed by atoms with van der Waals surface area (Å²) in [7, 11) is 3.21. The standard InChI is InChI=1S/C21H25N3O5/c1-15-10-17(16(2)24(15)7-9-27-4)11-18(12-22)21(26)29-14-20(25)23(3)13-19-6-5-8-28-19/h5-6,8,10-11H,7,9,13-14H2,1-4H3/b18-11+. The number of likely N-dealkylation sites (N-methyl/N-ethyl adjacent to an activating group) is 1. The number of ether oxygens (including phenoxy) is 2. The number of aromatic nitrogens is 1. The Morgan fingerprint density at radius 1 is 1.38 bits per heavy atom. The first-order valence-corrected chi connectivity index (χ1v) is 9.08. The van der Waals surface area contributed by atoms with Crippen LogP contribution in [0.1, 0.15) is 22.7 Å². The van der Waals surface area contributed by atoms with E-state index in [1.165, 1.54) is 17.2 Å². The minimum absolute atomic E-state index is 0.168. The molecule has 0 atom stereocenters. The zero-order chi connectivity index (χ0) is 21.4. The number of carbonyl (C=O) groups is 2. The molecule has 0 spiro atoms. The number of nitrogens with zero attached hydrogens (tertiary/aromatic N) is 3. The van der Waals surface area contributed by atoms with Gasteiger partial charge in [-0.3, -0.25) is 4.79 Å². The predicted molar refractivity (Wildman–Crippen MR) is 106 cm³/mol. The molecule has 29 heavy (non-hydrogen) atoms. The molecule has 2 rings (SSSR count). The molecule has 154 valence electrons. The summed E-state index contributed by atoms with van der Waals surface area (Å²) in [6.45, 7) is 4.88. The SMILES string of the molecule is COCCn1c(C)cc(/C=C(\C#N)C(=O)OCC(=O)N(C)Cc2ccco2)c1C. The van der Waals surface area contributed by atoms with E-state index in [4.69, 9.17) is 13.9 Å². The Bertz CT molecular complexity index is 919. The molecule has 0 aromatic carbocycles. The first kappa shape index (κ1) is 22.0. The second-order valence-electron chi connectivity index (χ2n) is 6.55. The highest BCUT2D eigenvalue weighted by atomic mass is 16.5. The van der Waals surface area contributed by atoms with E-state index in [0.717, 1.165) is 17.0 Å². The highest BCUT2D eigenvalue weighted by Gasteiger charge is 2.17. The number of amides is 1. The van der Waals surface area contributed by atoms with E-state index in [9.17, 15) is 14.9 Å². The van der Waals surface area contributed by atoms with Crippen molar-refractivity contribution in [3.8, 4) is 6.07 Å². The molecule has 0 aliphatic heterocycles. The van der Waals surface area contributed by atoms with Crippen LogP contribution in [0, 0.1) is 25.2 Å². The predicted octanol–water partition coefficient (Wildman–Crippen LogP) is 2.45. The lowest BCUT2D eigenvalue weighted by Gasteiger charge is -2.15. The molecular formula is C21H25N3O5. The van der Waals surface area contributed by atoms with Crippen LogP contribution in [0.3, 0.4) is 0 Å². The van der Waals surface area contributed by atoms with E-state index in [1.807, 2.05) is 30.6 Å². The molecular weight excluding hydrogens is 374 g/mol. The van der Waals surface area contributed by atoms with Crippen molar-refractivity contribution in [1.82, 2.24) is 9.47 Å². The van der Waals surface area contributed by atoms with Crippen LogP contribution in [0.2, 0.25) is 0 Å². The molecule has 0 aliphatic carbocycles.